The summed E-state index contributed by atoms with van der Waals surface area (Å²) in [5.41, 5.74) is 7.39. The lowest BCUT2D eigenvalue weighted by atomic mass is 9.84. The lowest BCUT2D eigenvalue weighted by Crippen LogP contribution is -2.32. The van der Waals surface area contributed by atoms with Crippen molar-refractivity contribution in [3.63, 3.8) is 0 Å². The van der Waals surface area contributed by atoms with Crippen LogP contribution in [0.2, 0.25) is 0 Å². The zero-order chi connectivity index (χ0) is 27.9. The maximum Gasteiger partial charge on any atom is 0.217 e. The Balaban J connectivity index is 0.00000533. The SMILES string of the molecule is Br.COCC[C@H]1CN(CC(=O)c2cc(OCCCC(N)=O)c(OC)c(C(C)(C)C)c2)C(=N)[C@@H]1c1ccccc1. The average Bonchev–Trinajstić information content (AvgIpc) is 3.18. The van der Waals surface area contributed by atoms with Crippen molar-refractivity contribution >= 4 is 34.5 Å². The fourth-order valence-electron chi connectivity index (χ4n) is 5.01. The Morgan fingerprint density at radius 3 is 2.38 bits per heavy atom. The van der Waals surface area contributed by atoms with Crippen molar-refractivity contribution in [3.05, 3.63) is 59.2 Å². The molecule has 1 aliphatic rings. The molecule has 2 atom stereocenters. The number of methoxy groups -OCH3 is 2. The van der Waals surface area contributed by atoms with E-state index in [9.17, 15) is 9.59 Å². The monoisotopic (exact) mass is 603 g/mol. The van der Waals surface area contributed by atoms with Gasteiger partial charge in [0.1, 0.15) is 5.84 Å². The van der Waals surface area contributed by atoms with Gasteiger partial charge in [0.25, 0.3) is 0 Å². The second-order valence-electron chi connectivity index (χ2n) is 10.8. The van der Waals surface area contributed by atoms with Gasteiger partial charge in [-0.1, -0.05) is 51.1 Å². The van der Waals surface area contributed by atoms with E-state index in [0.29, 0.717) is 42.5 Å². The Bertz CT molecular complexity index is 1130. The van der Waals surface area contributed by atoms with Crippen LogP contribution in [0.25, 0.3) is 0 Å². The summed E-state index contributed by atoms with van der Waals surface area (Å²) in [6.45, 7) is 7.75. The van der Waals surface area contributed by atoms with Crippen molar-refractivity contribution in [1.82, 2.24) is 4.90 Å². The molecule has 1 saturated heterocycles. The largest absolute Gasteiger partial charge is 0.493 e. The van der Waals surface area contributed by atoms with Crippen molar-refractivity contribution in [1.29, 1.82) is 5.41 Å². The molecule has 8 nitrogen and oxygen atoms in total. The highest BCUT2D eigenvalue weighted by Gasteiger charge is 2.39. The summed E-state index contributed by atoms with van der Waals surface area (Å²) in [5, 5.41) is 8.97. The first-order valence-electron chi connectivity index (χ1n) is 13.1. The van der Waals surface area contributed by atoms with Crippen molar-refractivity contribution in [2.75, 3.05) is 40.5 Å². The van der Waals surface area contributed by atoms with E-state index in [1.807, 2.05) is 41.3 Å². The number of hydrogen-bond acceptors (Lipinski definition) is 6. The second kappa shape index (κ2) is 14.5. The first kappa shape index (κ1) is 32.3. The quantitative estimate of drug-likeness (QED) is 0.242. The van der Waals surface area contributed by atoms with Gasteiger partial charge in [-0.05, 0) is 41.9 Å². The highest BCUT2D eigenvalue weighted by molar-refractivity contribution is 8.93. The minimum Gasteiger partial charge on any atom is -0.493 e. The Morgan fingerprint density at radius 2 is 1.79 bits per heavy atom. The molecule has 0 aliphatic carbocycles. The summed E-state index contributed by atoms with van der Waals surface area (Å²) in [4.78, 5) is 26.6. The number of carbonyl (C=O) groups is 2. The number of nitrogens with one attached hydrogen (secondary N) is 1. The smallest absolute Gasteiger partial charge is 0.217 e. The summed E-state index contributed by atoms with van der Waals surface area (Å²) >= 11 is 0. The van der Waals surface area contributed by atoms with E-state index < -0.39 is 0 Å². The number of likely N-dealkylation sites (tertiary alicyclic amines) is 1. The summed E-state index contributed by atoms with van der Waals surface area (Å²) in [7, 11) is 3.26. The fraction of sp³-hybridized carbons (Fsp3) is 0.500. The molecule has 3 rings (SSSR count). The normalized spacial score (nSPS) is 17.1. The number of ether oxygens (including phenoxy) is 3. The molecule has 1 amide bonds. The summed E-state index contributed by atoms with van der Waals surface area (Å²) < 4.78 is 17.0. The number of rotatable bonds is 13. The van der Waals surface area contributed by atoms with Crippen LogP contribution in [0.15, 0.2) is 42.5 Å². The van der Waals surface area contributed by atoms with Gasteiger partial charge in [0.15, 0.2) is 17.3 Å². The van der Waals surface area contributed by atoms with E-state index in [1.165, 1.54) is 0 Å². The maximum absolute atomic E-state index is 13.6. The molecule has 0 radical (unpaired) electrons. The molecule has 2 aromatic carbocycles. The number of amidine groups is 1. The molecule has 0 spiro atoms. The van der Waals surface area contributed by atoms with Crippen LogP contribution in [0.3, 0.4) is 0 Å². The van der Waals surface area contributed by atoms with Gasteiger partial charge in [-0.15, -0.1) is 17.0 Å². The molecular weight excluding hydrogens is 562 g/mol. The third kappa shape index (κ3) is 8.29. The van der Waals surface area contributed by atoms with Gasteiger partial charge >= 0.3 is 0 Å². The van der Waals surface area contributed by atoms with Gasteiger partial charge in [0.2, 0.25) is 5.91 Å². The van der Waals surface area contributed by atoms with Gasteiger partial charge in [-0.3, -0.25) is 15.0 Å². The number of nitrogens with zero attached hydrogens (tertiary/aromatic N) is 1. The van der Waals surface area contributed by atoms with E-state index in [1.54, 1.807) is 20.3 Å². The second-order valence-corrected chi connectivity index (χ2v) is 10.8. The van der Waals surface area contributed by atoms with Gasteiger partial charge in [0.05, 0.1) is 20.3 Å². The molecule has 2 aromatic rings. The topological polar surface area (TPSA) is 115 Å². The van der Waals surface area contributed by atoms with Crippen molar-refractivity contribution in [3.8, 4) is 11.5 Å². The number of Topliss-reactive ketones (excluding diaryl/α,β-unsaturated/α-hetero) is 1. The van der Waals surface area contributed by atoms with Gasteiger partial charge in [-0.25, -0.2) is 0 Å². The number of nitrogens with two attached hydrogens (primary N) is 1. The molecule has 0 bridgehead atoms. The van der Waals surface area contributed by atoms with E-state index >= 15 is 0 Å². The van der Waals surface area contributed by atoms with E-state index in [4.69, 9.17) is 25.4 Å². The van der Waals surface area contributed by atoms with Crippen LogP contribution in [0.1, 0.15) is 67.4 Å². The van der Waals surface area contributed by atoms with Gasteiger partial charge < -0.3 is 24.8 Å². The molecule has 214 valence electrons. The molecule has 0 saturated carbocycles. The molecule has 39 heavy (non-hydrogen) atoms. The number of amides is 1. The number of primary amides is 1. The Morgan fingerprint density at radius 1 is 1.10 bits per heavy atom. The first-order chi connectivity index (χ1) is 18.1. The van der Waals surface area contributed by atoms with E-state index in [0.717, 1.165) is 17.5 Å². The van der Waals surface area contributed by atoms with Crippen molar-refractivity contribution in [2.45, 2.75) is 51.4 Å². The Kier molecular flexibility index (Phi) is 12.0. The summed E-state index contributed by atoms with van der Waals surface area (Å²) in [6, 6.07) is 13.6. The standard InChI is InChI=1S/C30H41N3O5.BrH/c1-30(2,3)23-16-22(17-25(28(23)37-5)38-14-9-12-26(31)35)24(34)19-33-18-21(13-15-36-4)27(29(33)32)20-10-7-6-8-11-20;/h6-8,10-11,16-17,21,27,32H,9,12-15,18-19H2,1-5H3,(H2,31,35);1H/t21-,27+;/m0./s1. The van der Waals surface area contributed by atoms with Gasteiger partial charge in [-0.2, -0.15) is 0 Å². The van der Waals surface area contributed by atoms with Crippen LogP contribution in [0, 0.1) is 11.3 Å². The third-order valence-electron chi connectivity index (χ3n) is 6.96. The minimum absolute atomic E-state index is 0. The number of ketones is 1. The van der Waals surface area contributed by atoms with Crippen LogP contribution in [0.4, 0.5) is 0 Å². The Hall–Kier alpha value is -2.91. The van der Waals surface area contributed by atoms with Crippen LogP contribution in [0.5, 0.6) is 11.5 Å². The van der Waals surface area contributed by atoms with Crippen molar-refractivity contribution < 1.29 is 23.8 Å². The zero-order valence-electron chi connectivity index (χ0n) is 23.6. The highest BCUT2D eigenvalue weighted by Crippen LogP contribution is 2.41. The minimum atomic E-state index is -0.384. The summed E-state index contributed by atoms with van der Waals surface area (Å²) in [5.74, 6) is 1.12. The lowest BCUT2D eigenvalue weighted by molar-refractivity contribution is -0.118. The molecule has 1 aliphatic heterocycles. The average molecular weight is 605 g/mol. The van der Waals surface area contributed by atoms with Gasteiger partial charge in [0, 0.05) is 43.7 Å². The molecule has 1 heterocycles. The molecule has 0 unspecified atom stereocenters. The molecule has 1 fully saturated rings. The molecular formula is C30H42BrN3O5. The third-order valence-corrected chi connectivity index (χ3v) is 6.96. The predicted octanol–water partition coefficient (Wildman–Crippen LogP) is 5.13. The van der Waals surface area contributed by atoms with E-state index in [-0.39, 0.29) is 65.5 Å². The molecule has 9 heteroatoms. The number of halogens is 1. The zero-order valence-corrected chi connectivity index (χ0v) is 25.3. The van der Waals surface area contributed by atoms with Crippen molar-refractivity contribution in [2.24, 2.45) is 11.7 Å². The first-order valence-corrected chi connectivity index (χ1v) is 13.1. The van der Waals surface area contributed by atoms with E-state index in [2.05, 4.69) is 20.8 Å². The molecule has 3 N–H and O–H groups in total. The predicted molar refractivity (Wildman–Crippen MR) is 159 cm³/mol. The Labute approximate surface area is 242 Å². The molecule has 0 aromatic heterocycles. The van der Waals surface area contributed by atoms with Crippen LogP contribution < -0.4 is 15.2 Å². The van der Waals surface area contributed by atoms with Crippen LogP contribution in [-0.4, -0.2) is 62.9 Å². The number of carbonyl (C=O) groups excluding carboxylic acids is 2. The highest BCUT2D eigenvalue weighted by atomic mass is 79.9. The van der Waals surface area contributed by atoms with Crippen LogP contribution >= 0.6 is 17.0 Å². The lowest BCUT2D eigenvalue weighted by Gasteiger charge is -2.25. The van der Waals surface area contributed by atoms with Crippen LogP contribution in [-0.2, 0) is 14.9 Å². The maximum atomic E-state index is 13.6. The number of hydrogen-bond donors (Lipinski definition) is 2. The number of benzene rings is 2. The fourth-order valence-corrected chi connectivity index (χ4v) is 5.01. The summed E-state index contributed by atoms with van der Waals surface area (Å²) in [6.07, 6.45) is 1.50.